The molecular weight excluding hydrogens is 384 g/mol. The number of nitrogens with zero attached hydrogens (tertiary/aromatic N) is 2. The summed E-state index contributed by atoms with van der Waals surface area (Å²) in [6.07, 6.45) is 2.24. The van der Waals surface area contributed by atoms with E-state index in [1.807, 2.05) is 0 Å². The first-order valence-electron chi connectivity index (χ1n) is 9.21. The molecule has 0 bridgehead atoms. The SMILES string of the molecule is CC(C)(C)OC(=O)N(CCCCCCCSc1ccc([N+](=O)[O-])cc1)C(=O)O. The van der Waals surface area contributed by atoms with Crippen LogP contribution < -0.4 is 0 Å². The van der Waals surface area contributed by atoms with E-state index in [4.69, 9.17) is 9.84 Å². The summed E-state index contributed by atoms with van der Waals surface area (Å²) in [6, 6.07) is 6.50. The third kappa shape index (κ3) is 9.59. The molecule has 2 amide bonds. The van der Waals surface area contributed by atoms with Crippen molar-refractivity contribution >= 4 is 29.6 Å². The molecule has 0 unspecified atom stereocenters. The number of carboxylic acid groups (broad SMARTS) is 1. The second kappa shape index (κ2) is 11.5. The number of hydrogen-bond acceptors (Lipinski definition) is 6. The van der Waals surface area contributed by atoms with E-state index < -0.39 is 22.7 Å². The van der Waals surface area contributed by atoms with Crippen LogP contribution in [0.2, 0.25) is 0 Å². The van der Waals surface area contributed by atoms with Crippen molar-refractivity contribution in [1.82, 2.24) is 4.90 Å². The van der Waals surface area contributed by atoms with Crippen LogP contribution in [0.4, 0.5) is 15.3 Å². The standard InChI is InChI=1S/C19H28N2O6S/c1-19(2,3)27-18(24)20(17(22)23)13-7-5-4-6-8-14-28-16-11-9-15(10-12-16)21(25)26/h9-12H,4-8,13-14H2,1-3H3,(H,22,23). The molecule has 0 fully saturated rings. The second-order valence-corrected chi connectivity index (χ2v) is 8.45. The fraction of sp³-hybridized carbons (Fsp3) is 0.579. The molecule has 156 valence electrons. The number of non-ortho nitro benzene ring substituents is 1. The number of imide groups is 1. The number of nitro benzene ring substituents is 1. The quantitative estimate of drug-likeness (QED) is 0.232. The molecule has 0 atom stereocenters. The van der Waals surface area contributed by atoms with Gasteiger partial charge in [-0.25, -0.2) is 14.5 Å². The lowest BCUT2D eigenvalue weighted by Gasteiger charge is -2.24. The van der Waals surface area contributed by atoms with Crippen LogP contribution in [0.15, 0.2) is 29.2 Å². The third-order valence-corrected chi connectivity index (χ3v) is 4.79. The van der Waals surface area contributed by atoms with Gasteiger partial charge in [-0.3, -0.25) is 10.1 Å². The number of thioether (sulfide) groups is 1. The van der Waals surface area contributed by atoms with E-state index in [0.717, 1.165) is 41.2 Å². The molecule has 0 spiro atoms. The Hall–Kier alpha value is -2.29. The van der Waals surface area contributed by atoms with Crippen molar-refractivity contribution in [3.05, 3.63) is 34.4 Å². The molecule has 8 nitrogen and oxygen atoms in total. The van der Waals surface area contributed by atoms with Crippen molar-refractivity contribution in [1.29, 1.82) is 0 Å². The maximum atomic E-state index is 11.9. The summed E-state index contributed by atoms with van der Waals surface area (Å²) in [7, 11) is 0. The highest BCUT2D eigenvalue weighted by Crippen LogP contribution is 2.22. The van der Waals surface area contributed by atoms with Gasteiger partial charge in [-0.15, -0.1) is 11.8 Å². The van der Waals surface area contributed by atoms with Crippen molar-refractivity contribution in [2.24, 2.45) is 0 Å². The Morgan fingerprint density at radius 2 is 1.68 bits per heavy atom. The first-order chi connectivity index (χ1) is 13.1. The summed E-state index contributed by atoms with van der Waals surface area (Å²) < 4.78 is 5.10. The fourth-order valence-electron chi connectivity index (χ4n) is 2.34. The lowest BCUT2D eigenvalue weighted by atomic mass is 10.1. The van der Waals surface area contributed by atoms with Gasteiger partial charge in [-0.1, -0.05) is 19.3 Å². The summed E-state index contributed by atoms with van der Waals surface area (Å²) in [5.41, 5.74) is -0.641. The Balaban J connectivity index is 2.18. The van der Waals surface area contributed by atoms with E-state index in [9.17, 15) is 19.7 Å². The molecule has 1 N–H and O–H groups in total. The average molecular weight is 413 g/mol. The number of nitro groups is 1. The first kappa shape index (κ1) is 23.7. The number of ether oxygens (including phenoxy) is 1. The Kier molecular flexibility index (Phi) is 9.78. The lowest BCUT2D eigenvalue weighted by molar-refractivity contribution is -0.384. The Morgan fingerprint density at radius 3 is 2.21 bits per heavy atom. The van der Waals surface area contributed by atoms with Crippen molar-refractivity contribution < 1.29 is 24.4 Å². The minimum Gasteiger partial charge on any atom is -0.465 e. The number of hydrogen-bond donors (Lipinski definition) is 1. The van der Waals surface area contributed by atoms with Crippen LogP contribution in [0.3, 0.4) is 0 Å². The molecule has 28 heavy (non-hydrogen) atoms. The van der Waals surface area contributed by atoms with E-state index in [1.165, 1.54) is 12.1 Å². The van der Waals surface area contributed by atoms with Crippen LogP contribution in [0.5, 0.6) is 0 Å². The van der Waals surface area contributed by atoms with E-state index in [-0.39, 0.29) is 12.2 Å². The molecule has 1 aromatic rings. The number of carbonyl (C=O) groups is 2. The van der Waals surface area contributed by atoms with Crippen LogP contribution in [-0.4, -0.2) is 45.0 Å². The molecule has 0 aliphatic carbocycles. The van der Waals surface area contributed by atoms with Crippen LogP contribution in [0.25, 0.3) is 0 Å². The highest BCUT2D eigenvalue weighted by molar-refractivity contribution is 7.99. The van der Waals surface area contributed by atoms with Gasteiger partial charge in [0.2, 0.25) is 0 Å². The number of unbranched alkanes of at least 4 members (excludes halogenated alkanes) is 4. The minimum absolute atomic E-state index is 0.0890. The summed E-state index contributed by atoms with van der Waals surface area (Å²) in [6.45, 7) is 5.21. The van der Waals surface area contributed by atoms with E-state index in [2.05, 4.69) is 0 Å². The number of benzene rings is 1. The van der Waals surface area contributed by atoms with Crippen LogP contribution >= 0.6 is 11.8 Å². The maximum absolute atomic E-state index is 11.9. The Morgan fingerprint density at radius 1 is 1.11 bits per heavy atom. The lowest BCUT2D eigenvalue weighted by Crippen LogP contribution is -2.40. The van der Waals surface area contributed by atoms with Gasteiger partial charge in [0.25, 0.3) is 5.69 Å². The average Bonchev–Trinajstić information content (AvgIpc) is 2.58. The molecule has 0 aliphatic rings. The zero-order valence-electron chi connectivity index (χ0n) is 16.6. The number of amides is 2. The van der Waals surface area contributed by atoms with Gasteiger partial charge < -0.3 is 9.84 Å². The van der Waals surface area contributed by atoms with Crippen molar-refractivity contribution in [2.75, 3.05) is 12.3 Å². The van der Waals surface area contributed by atoms with Crippen molar-refractivity contribution in [3.8, 4) is 0 Å². The van der Waals surface area contributed by atoms with Crippen LogP contribution in [-0.2, 0) is 4.74 Å². The van der Waals surface area contributed by atoms with Gasteiger partial charge in [0.05, 0.1) is 4.92 Å². The first-order valence-corrected chi connectivity index (χ1v) is 10.2. The van der Waals surface area contributed by atoms with Gasteiger partial charge in [0.1, 0.15) is 5.60 Å². The predicted molar refractivity (Wildman–Crippen MR) is 108 cm³/mol. The summed E-state index contributed by atoms with van der Waals surface area (Å²) in [4.78, 5) is 35.0. The molecule has 0 aliphatic heterocycles. The fourth-order valence-corrected chi connectivity index (χ4v) is 3.25. The van der Waals surface area contributed by atoms with Gasteiger partial charge in [0.15, 0.2) is 0 Å². The molecule has 0 heterocycles. The smallest absolute Gasteiger partial charge is 0.419 e. The predicted octanol–water partition coefficient (Wildman–Crippen LogP) is 5.55. The molecule has 0 saturated heterocycles. The summed E-state index contributed by atoms with van der Waals surface area (Å²) >= 11 is 1.65. The van der Waals surface area contributed by atoms with E-state index in [0.29, 0.717) is 6.42 Å². The topological polar surface area (TPSA) is 110 Å². The largest absolute Gasteiger partial charge is 0.465 e. The second-order valence-electron chi connectivity index (χ2n) is 7.28. The Bertz CT molecular complexity index is 657. The highest BCUT2D eigenvalue weighted by Gasteiger charge is 2.26. The maximum Gasteiger partial charge on any atom is 0.419 e. The van der Waals surface area contributed by atoms with Crippen LogP contribution in [0, 0.1) is 10.1 Å². The zero-order chi connectivity index (χ0) is 21.2. The molecule has 1 aromatic carbocycles. The summed E-state index contributed by atoms with van der Waals surface area (Å²) in [5, 5.41) is 19.8. The molecule has 0 saturated carbocycles. The van der Waals surface area contributed by atoms with Gasteiger partial charge >= 0.3 is 12.2 Å². The molecule has 9 heteroatoms. The summed E-state index contributed by atoms with van der Waals surface area (Å²) in [5.74, 6) is 0.914. The molecule has 0 aromatic heterocycles. The van der Waals surface area contributed by atoms with Gasteiger partial charge in [0, 0.05) is 23.6 Å². The monoisotopic (exact) mass is 412 g/mol. The van der Waals surface area contributed by atoms with Gasteiger partial charge in [-0.2, -0.15) is 0 Å². The highest BCUT2D eigenvalue weighted by atomic mass is 32.2. The normalized spacial score (nSPS) is 11.1. The molecule has 1 rings (SSSR count). The minimum atomic E-state index is -1.30. The van der Waals surface area contributed by atoms with Gasteiger partial charge in [-0.05, 0) is 51.5 Å². The van der Waals surface area contributed by atoms with Crippen LogP contribution in [0.1, 0.15) is 52.9 Å². The van der Waals surface area contributed by atoms with E-state index >= 15 is 0 Å². The third-order valence-electron chi connectivity index (χ3n) is 3.69. The Labute approximate surface area is 169 Å². The number of rotatable bonds is 10. The molecule has 0 radical (unpaired) electrons. The van der Waals surface area contributed by atoms with Crippen molar-refractivity contribution in [2.45, 2.75) is 63.4 Å². The molecular formula is C19H28N2O6S. The number of carbonyl (C=O) groups excluding carboxylic acids is 1. The van der Waals surface area contributed by atoms with Crippen molar-refractivity contribution in [3.63, 3.8) is 0 Å². The zero-order valence-corrected chi connectivity index (χ0v) is 17.4. The van der Waals surface area contributed by atoms with E-state index in [1.54, 1.807) is 44.7 Å².